The molecule has 5 heteroatoms. The van der Waals surface area contributed by atoms with Gasteiger partial charge in [0.1, 0.15) is 5.75 Å². The molecule has 0 heterocycles. The number of aliphatic carboxylic acids is 1. The summed E-state index contributed by atoms with van der Waals surface area (Å²) in [6.45, 7) is 5.69. The Morgan fingerprint density at radius 1 is 1.00 bits per heavy atom. The van der Waals surface area contributed by atoms with Crippen molar-refractivity contribution in [1.29, 1.82) is 0 Å². The molecule has 0 fully saturated rings. The quantitative estimate of drug-likeness (QED) is 0.423. The van der Waals surface area contributed by atoms with E-state index < -0.39 is 5.97 Å². The Hall–Kier alpha value is -2.92. The van der Waals surface area contributed by atoms with Gasteiger partial charge in [0, 0.05) is 29.4 Å². The van der Waals surface area contributed by atoms with E-state index in [1.165, 1.54) is 16.8 Å². The first-order valence-electron chi connectivity index (χ1n) is 10.1. The van der Waals surface area contributed by atoms with Gasteiger partial charge in [0.05, 0.1) is 0 Å². The van der Waals surface area contributed by atoms with Crippen LogP contribution >= 0.6 is 11.8 Å². The highest BCUT2D eigenvalue weighted by Gasteiger charge is 2.07. The third kappa shape index (κ3) is 6.04. The minimum absolute atomic E-state index is 0.318. The highest BCUT2D eigenvalue weighted by Crippen LogP contribution is 2.27. The minimum atomic E-state index is -0.968. The average molecular weight is 422 g/mol. The number of nitrogens with zero attached hydrogens (tertiary/aromatic N) is 1. The van der Waals surface area contributed by atoms with Crippen molar-refractivity contribution in [2.75, 3.05) is 30.3 Å². The van der Waals surface area contributed by atoms with Crippen molar-refractivity contribution in [2.45, 2.75) is 18.7 Å². The van der Waals surface area contributed by atoms with Gasteiger partial charge in [-0.3, -0.25) is 0 Å². The molecule has 0 radical (unpaired) electrons. The Bertz CT molecular complexity index is 958. The average Bonchev–Trinajstić information content (AvgIpc) is 2.77. The fourth-order valence-electron chi connectivity index (χ4n) is 3.25. The molecule has 0 aromatic heterocycles. The normalized spacial score (nSPS) is 10.6. The SMILES string of the molecule is CCN(CCSc1ccc(OCC(=O)O)c(C)c1)c1ccc(-c2ccccc2)cc1. The summed E-state index contributed by atoms with van der Waals surface area (Å²) in [4.78, 5) is 14.2. The van der Waals surface area contributed by atoms with Gasteiger partial charge in [-0.15, -0.1) is 11.8 Å². The summed E-state index contributed by atoms with van der Waals surface area (Å²) in [5, 5.41) is 8.75. The summed E-state index contributed by atoms with van der Waals surface area (Å²) in [7, 11) is 0. The predicted molar refractivity (Wildman–Crippen MR) is 125 cm³/mol. The second kappa shape index (κ2) is 10.7. The summed E-state index contributed by atoms with van der Waals surface area (Å²) in [6, 6.07) is 25.0. The predicted octanol–water partition coefficient (Wildman–Crippen LogP) is 5.74. The molecule has 0 spiro atoms. The fraction of sp³-hybridized carbons (Fsp3) is 0.240. The van der Waals surface area contributed by atoms with Crippen LogP contribution in [0.1, 0.15) is 12.5 Å². The highest BCUT2D eigenvalue weighted by atomic mass is 32.2. The van der Waals surface area contributed by atoms with E-state index >= 15 is 0 Å². The second-order valence-electron chi connectivity index (χ2n) is 6.95. The lowest BCUT2D eigenvalue weighted by molar-refractivity contribution is -0.139. The standard InChI is InChI=1S/C25H27NO3S/c1-3-26(22-11-9-21(10-12-22)20-7-5-4-6-8-20)15-16-30-23-13-14-24(19(2)17-23)29-18-25(27)28/h4-14,17H,3,15-16,18H2,1-2H3,(H,27,28). The van der Waals surface area contributed by atoms with Crippen LogP contribution < -0.4 is 9.64 Å². The molecule has 0 aliphatic carbocycles. The molecule has 0 bridgehead atoms. The number of carboxylic acid groups (broad SMARTS) is 1. The number of rotatable bonds is 10. The van der Waals surface area contributed by atoms with Crippen molar-refractivity contribution in [3.8, 4) is 16.9 Å². The Labute approximate surface area is 182 Å². The minimum Gasteiger partial charge on any atom is -0.482 e. The number of ether oxygens (including phenoxy) is 1. The van der Waals surface area contributed by atoms with Crippen molar-refractivity contribution < 1.29 is 14.6 Å². The van der Waals surface area contributed by atoms with E-state index in [1.807, 2.05) is 31.2 Å². The number of hydrogen-bond donors (Lipinski definition) is 1. The van der Waals surface area contributed by atoms with Gasteiger partial charge >= 0.3 is 5.97 Å². The van der Waals surface area contributed by atoms with E-state index in [0.29, 0.717) is 5.75 Å². The molecule has 0 amide bonds. The molecule has 3 rings (SSSR count). The van der Waals surface area contributed by atoms with Crippen LogP contribution in [0.3, 0.4) is 0 Å². The van der Waals surface area contributed by atoms with Crippen LogP contribution in [0, 0.1) is 6.92 Å². The van der Waals surface area contributed by atoms with Crippen molar-refractivity contribution in [2.24, 2.45) is 0 Å². The van der Waals surface area contributed by atoms with Crippen LogP contribution in [-0.2, 0) is 4.79 Å². The summed E-state index contributed by atoms with van der Waals surface area (Å²) in [5.74, 6) is 0.614. The summed E-state index contributed by atoms with van der Waals surface area (Å²) in [6.07, 6.45) is 0. The lowest BCUT2D eigenvalue weighted by Crippen LogP contribution is -2.25. The number of thioether (sulfide) groups is 1. The maximum atomic E-state index is 10.7. The van der Waals surface area contributed by atoms with Crippen LogP contribution in [0.5, 0.6) is 5.75 Å². The number of aryl methyl sites for hydroxylation is 1. The molecule has 0 saturated heterocycles. The second-order valence-corrected chi connectivity index (χ2v) is 8.12. The fourth-order valence-corrected chi connectivity index (χ4v) is 4.22. The molecule has 0 saturated carbocycles. The van der Waals surface area contributed by atoms with Crippen LogP contribution in [-0.4, -0.2) is 36.5 Å². The Balaban J connectivity index is 1.55. The number of hydrogen-bond acceptors (Lipinski definition) is 4. The van der Waals surface area contributed by atoms with Crippen molar-refractivity contribution in [3.63, 3.8) is 0 Å². The first-order valence-corrected chi connectivity index (χ1v) is 11.0. The molecule has 1 N–H and O–H groups in total. The molecule has 0 aliphatic rings. The first kappa shape index (κ1) is 21.8. The zero-order valence-electron chi connectivity index (χ0n) is 17.4. The molecule has 0 unspecified atom stereocenters. The van der Waals surface area contributed by atoms with Gasteiger partial charge in [-0.05, 0) is 60.9 Å². The Morgan fingerprint density at radius 2 is 1.70 bits per heavy atom. The number of anilines is 1. The van der Waals surface area contributed by atoms with E-state index in [-0.39, 0.29) is 6.61 Å². The lowest BCUT2D eigenvalue weighted by Gasteiger charge is -2.23. The summed E-state index contributed by atoms with van der Waals surface area (Å²) < 4.78 is 5.30. The van der Waals surface area contributed by atoms with Gasteiger partial charge in [-0.25, -0.2) is 4.79 Å². The zero-order chi connectivity index (χ0) is 21.3. The smallest absolute Gasteiger partial charge is 0.341 e. The van der Waals surface area contributed by atoms with Crippen molar-refractivity contribution in [3.05, 3.63) is 78.4 Å². The molecular formula is C25H27NO3S. The molecule has 3 aromatic carbocycles. The molecule has 4 nitrogen and oxygen atoms in total. The van der Waals surface area contributed by atoms with Crippen molar-refractivity contribution >= 4 is 23.4 Å². The molecule has 0 atom stereocenters. The van der Waals surface area contributed by atoms with Crippen LogP contribution in [0.2, 0.25) is 0 Å². The van der Waals surface area contributed by atoms with Gasteiger partial charge < -0.3 is 14.7 Å². The maximum absolute atomic E-state index is 10.7. The van der Waals surface area contributed by atoms with Crippen LogP contribution in [0.4, 0.5) is 5.69 Å². The van der Waals surface area contributed by atoms with E-state index in [9.17, 15) is 4.79 Å². The molecule has 0 aliphatic heterocycles. The van der Waals surface area contributed by atoms with E-state index in [2.05, 4.69) is 60.4 Å². The Kier molecular flexibility index (Phi) is 7.80. The first-order chi connectivity index (χ1) is 14.6. The topological polar surface area (TPSA) is 49.8 Å². The number of carboxylic acids is 1. The molecule has 3 aromatic rings. The van der Waals surface area contributed by atoms with Crippen molar-refractivity contribution in [1.82, 2.24) is 0 Å². The third-order valence-electron chi connectivity index (χ3n) is 4.85. The lowest BCUT2D eigenvalue weighted by atomic mass is 10.1. The monoisotopic (exact) mass is 421 g/mol. The zero-order valence-corrected chi connectivity index (χ0v) is 18.2. The summed E-state index contributed by atoms with van der Waals surface area (Å²) in [5.41, 5.74) is 4.63. The van der Waals surface area contributed by atoms with Crippen LogP contribution in [0.25, 0.3) is 11.1 Å². The van der Waals surface area contributed by atoms with E-state index in [4.69, 9.17) is 9.84 Å². The number of carbonyl (C=O) groups is 1. The third-order valence-corrected chi connectivity index (χ3v) is 5.82. The van der Waals surface area contributed by atoms with Gasteiger partial charge in [-0.2, -0.15) is 0 Å². The van der Waals surface area contributed by atoms with E-state index in [0.717, 1.165) is 29.3 Å². The maximum Gasteiger partial charge on any atom is 0.341 e. The van der Waals surface area contributed by atoms with Gasteiger partial charge in [0.15, 0.2) is 6.61 Å². The number of benzene rings is 3. The molecule has 30 heavy (non-hydrogen) atoms. The van der Waals surface area contributed by atoms with Gasteiger partial charge in [0.25, 0.3) is 0 Å². The van der Waals surface area contributed by atoms with Gasteiger partial charge in [0.2, 0.25) is 0 Å². The van der Waals surface area contributed by atoms with Crippen LogP contribution in [0.15, 0.2) is 77.7 Å². The van der Waals surface area contributed by atoms with Gasteiger partial charge in [-0.1, -0.05) is 42.5 Å². The molecule has 156 valence electrons. The highest BCUT2D eigenvalue weighted by molar-refractivity contribution is 7.99. The Morgan fingerprint density at radius 3 is 2.33 bits per heavy atom. The largest absolute Gasteiger partial charge is 0.482 e. The molecular weight excluding hydrogens is 394 g/mol. The van der Waals surface area contributed by atoms with E-state index in [1.54, 1.807) is 11.8 Å². The summed E-state index contributed by atoms with van der Waals surface area (Å²) >= 11 is 1.79.